The quantitative estimate of drug-likeness (QED) is 0.146. The number of urea groups is 1. The van der Waals surface area contributed by atoms with E-state index in [1.165, 1.54) is 32.1 Å². The lowest BCUT2D eigenvalue weighted by atomic mass is 9.74. The minimum Gasteiger partial charge on any atom is -0.450 e. The number of nitrogens with one attached hydrogen (secondary N) is 1. The van der Waals surface area contributed by atoms with E-state index < -0.39 is 13.7 Å². The summed E-state index contributed by atoms with van der Waals surface area (Å²) in [6.07, 6.45) is 10.6. The van der Waals surface area contributed by atoms with E-state index in [1.807, 2.05) is 29.2 Å². The number of hydrogen-bond donors (Lipinski definition) is 2. The molecule has 10 heteroatoms. The van der Waals surface area contributed by atoms with E-state index in [1.54, 1.807) is 19.1 Å². The van der Waals surface area contributed by atoms with Gasteiger partial charge in [-0.1, -0.05) is 79.8 Å². The fourth-order valence-electron chi connectivity index (χ4n) is 6.76. The number of aliphatic hydroxyl groups is 1. The average Bonchev–Trinajstić information content (AvgIpc) is 2.99. The van der Waals surface area contributed by atoms with Crippen molar-refractivity contribution in [3.05, 3.63) is 34.3 Å². The molecule has 3 rings (SSSR count). The van der Waals surface area contributed by atoms with Gasteiger partial charge in [0.2, 0.25) is 0 Å². The fourth-order valence-corrected chi connectivity index (χ4v) is 7.88. The molecule has 1 aromatic carbocycles. The predicted octanol–water partition coefficient (Wildman–Crippen LogP) is 7.62. The summed E-state index contributed by atoms with van der Waals surface area (Å²) in [5.74, 6) is 0.466. The molecule has 3 amide bonds. The molecule has 1 saturated carbocycles. The van der Waals surface area contributed by atoms with Crippen LogP contribution in [0.5, 0.6) is 0 Å². The molecule has 0 spiro atoms. The molecule has 0 aromatic heterocycles. The summed E-state index contributed by atoms with van der Waals surface area (Å²) in [5.41, 5.74) is -0.154. The van der Waals surface area contributed by atoms with Gasteiger partial charge in [-0.2, -0.15) is 0 Å². The van der Waals surface area contributed by atoms with E-state index in [-0.39, 0.29) is 24.1 Å². The maximum atomic E-state index is 13.8. The van der Waals surface area contributed by atoms with Gasteiger partial charge < -0.3 is 29.7 Å². The number of piperidine rings is 1. The van der Waals surface area contributed by atoms with Crippen molar-refractivity contribution < 1.29 is 24.2 Å². The van der Waals surface area contributed by atoms with Gasteiger partial charge >= 0.3 is 12.1 Å². The lowest BCUT2D eigenvalue weighted by molar-refractivity contribution is -0.0564. The second kappa shape index (κ2) is 17.9. The smallest absolute Gasteiger partial charge is 0.409 e. The normalized spacial score (nSPS) is 20.1. The Morgan fingerprint density at radius 2 is 1.89 bits per heavy atom. The molecule has 3 atom stereocenters. The van der Waals surface area contributed by atoms with E-state index >= 15 is 0 Å². The molecule has 1 aliphatic carbocycles. The zero-order valence-electron chi connectivity index (χ0n) is 27.9. The first-order valence-corrected chi connectivity index (χ1v) is 21.3. The summed E-state index contributed by atoms with van der Waals surface area (Å²) in [6.45, 7) is 9.49. The maximum Gasteiger partial charge on any atom is 0.409 e. The van der Waals surface area contributed by atoms with Crippen LogP contribution in [0.15, 0.2) is 28.7 Å². The number of carbonyl (C=O) groups excluding carboxylic acids is 2. The molecular formula is C34H58BrN3O5Si. The molecule has 1 aliphatic heterocycles. The van der Waals surface area contributed by atoms with Crippen LogP contribution in [0.2, 0.25) is 25.7 Å². The second-order valence-electron chi connectivity index (χ2n) is 14.4. The Morgan fingerprint density at radius 1 is 1.14 bits per heavy atom. The molecule has 2 aliphatic rings. The molecule has 44 heavy (non-hydrogen) atoms. The Balaban J connectivity index is 1.69. The van der Waals surface area contributed by atoms with Crippen LogP contribution in [-0.4, -0.2) is 88.2 Å². The van der Waals surface area contributed by atoms with Gasteiger partial charge in [0.25, 0.3) is 0 Å². The molecular weight excluding hydrogens is 638 g/mol. The number of ether oxygens (including phenoxy) is 2. The first kappa shape index (κ1) is 36.8. The number of likely N-dealkylation sites (tertiary alicyclic amines) is 1. The van der Waals surface area contributed by atoms with Gasteiger partial charge in [0, 0.05) is 64.9 Å². The highest BCUT2D eigenvalue weighted by Crippen LogP contribution is 2.40. The summed E-state index contributed by atoms with van der Waals surface area (Å²) in [7, 11) is 2.18. The van der Waals surface area contributed by atoms with Gasteiger partial charge in [-0.3, -0.25) is 0 Å². The average molecular weight is 697 g/mol. The van der Waals surface area contributed by atoms with Crippen molar-refractivity contribution in [2.24, 2.45) is 11.8 Å². The van der Waals surface area contributed by atoms with Crippen LogP contribution >= 0.6 is 15.9 Å². The molecule has 8 nitrogen and oxygen atoms in total. The van der Waals surface area contributed by atoms with Crippen molar-refractivity contribution in [1.82, 2.24) is 15.1 Å². The molecule has 0 bridgehead atoms. The van der Waals surface area contributed by atoms with Crippen LogP contribution in [0.1, 0.15) is 76.2 Å². The van der Waals surface area contributed by atoms with Gasteiger partial charge in [0.05, 0.1) is 12.2 Å². The Labute approximate surface area is 275 Å². The Kier molecular flexibility index (Phi) is 15.0. The number of nitrogens with zero attached hydrogens (tertiary/aromatic N) is 2. The van der Waals surface area contributed by atoms with Crippen molar-refractivity contribution in [2.45, 2.75) is 108 Å². The van der Waals surface area contributed by atoms with Crippen LogP contribution in [-0.2, 0) is 15.1 Å². The lowest BCUT2D eigenvalue weighted by Gasteiger charge is -2.43. The van der Waals surface area contributed by atoms with E-state index in [4.69, 9.17) is 9.47 Å². The van der Waals surface area contributed by atoms with Crippen molar-refractivity contribution in [2.75, 3.05) is 47.0 Å². The van der Waals surface area contributed by atoms with Gasteiger partial charge in [-0.05, 0) is 68.2 Å². The first-order chi connectivity index (χ1) is 20.9. The third-order valence-corrected chi connectivity index (χ3v) is 11.6. The van der Waals surface area contributed by atoms with E-state index in [9.17, 15) is 14.7 Å². The molecule has 2 fully saturated rings. The number of amides is 3. The molecule has 1 aromatic rings. The van der Waals surface area contributed by atoms with Crippen LogP contribution in [0.25, 0.3) is 0 Å². The minimum absolute atomic E-state index is 0.0837. The third-order valence-electron chi connectivity index (χ3n) is 9.42. The molecule has 250 valence electrons. The summed E-state index contributed by atoms with van der Waals surface area (Å²) in [4.78, 5) is 30.2. The fraction of sp³-hybridized carbons (Fsp3) is 0.765. The largest absolute Gasteiger partial charge is 0.450 e. The summed E-state index contributed by atoms with van der Waals surface area (Å²) in [5, 5.41) is 15.6. The molecule has 2 N–H and O–H groups in total. The molecule has 0 radical (unpaired) electrons. The number of rotatable bonds is 15. The number of carbonyl (C=O) groups is 2. The Bertz CT molecular complexity index is 1030. The monoisotopic (exact) mass is 695 g/mol. The van der Waals surface area contributed by atoms with Crippen LogP contribution in [0.4, 0.5) is 9.59 Å². The Hall–Kier alpha value is -1.62. The molecule has 1 saturated heterocycles. The van der Waals surface area contributed by atoms with Crippen LogP contribution < -0.4 is 5.32 Å². The number of halogens is 1. The number of unbranched alkanes of at least 4 members (excludes halogenated alkanes) is 1. The highest BCUT2D eigenvalue weighted by Gasteiger charge is 2.41. The molecule has 1 unspecified atom stereocenters. The number of hydrogen-bond acceptors (Lipinski definition) is 5. The number of methoxy groups -OCH3 is 1. The summed E-state index contributed by atoms with van der Waals surface area (Å²) >= 11 is 3.59. The van der Waals surface area contributed by atoms with Gasteiger partial charge in [-0.15, -0.1) is 0 Å². The van der Waals surface area contributed by atoms with Crippen molar-refractivity contribution in [1.29, 1.82) is 0 Å². The number of likely N-dealkylation sites (N-methyl/N-ethyl adjacent to an activating group) is 1. The van der Waals surface area contributed by atoms with Crippen LogP contribution in [0, 0.1) is 11.8 Å². The van der Waals surface area contributed by atoms with Gasteiger partial charge in [0.15, 0.2) is 0 Å². The van der Waals surface area contributed by atoms with Gasteiger partial charge in [-0.25, -0.2) is 9.59 Å². The predicted molar refractivity (Wildman–Crippen MR) is 184 cm³/mol. The van der Waals surface area contributed by atoms with E-state index in [0.717, 1.165) is 48.2 Å². The minimum atomic E-state index is -1.30. The summed E-state index contributed by atoms with van der Waals surface area (Å²) < 4.78 is 11.8. The maximum absolute atomic E-state index is 13.8. The van der Waals surface area contributed by atoms with Crippen molar-refractivity contribution >= 4 is 36.1 Å². The second-order valence-corrected chi connectivity index (χ2v) is 20.9. The van der Waals surface area contributed by atoms with Gasteiger partial charge in [0.1, 0.15) is 0 Å². The highest BCUT2D eigenvalue weighted by atomic mass is 79.9. The summed E-state index contributed by atoms with van der Waals surface area (Å²) in [6, 6.07) is 8.62. The van der Waals surface area contributed by atoms with Crippen molar-refractivity contribution in [3.8, 4) is 0 Å². The third kappa shape index (κ3) is 12.0. The topological polar surface area (TPSA) is 91.3 Å². The standard InChI is InChI=1S/C34H58BrN3O5Si/c1-37(33(40)43-21-22-44(3,4)5)26-31(23-27-13-7-6-8-14-27)36-32(39)38-19-12-16-29(25-38)34(41,18-9-10-20-42-2)28-15-11-17-30(35)24-28/h11,15,17,24,27,29,31,41H,6-10,12-14,16,18-23,25-26H2,1-5H3,(H,36,39)/t29-,31?,34-/m1/s1. The SMILES string of the molecule is COCCCC[C@@](O)(c1cccc(Br)c1)[C@@H]1CCCN(C(=O)NC(CC2CCCCC2)CN(C)C(=O)OCC[Si](C)(C)C)C1. The number of benzene rings is 1. The lowest BCUT2D eigenvalue weighted by Crippen LogP contribution is -2.54. The molecule has 1 heterocycles. The Morgan fingerprint density at radius 3 is 2.57 bits per heavy atom. The highest BCUT2D eigenvalue weighted by molar-refractivity contribution is 9.10. The van der Waals surface area contributed by atoms with E-state index in [2.05, 4.69) is 40.9 Å². The van der Waals surface area contributed by atoms with Crippen molar-refractivity contribution in [3.63, 3.8) is 0 Å². The zero-order valence-corrected chi connectivity index (χ0v) is 30.5. The first-order valence-electron chi connectivity index (χ1n) is 16.8. The zero-order chi connectivity index (χ0) is 32.2. The van der Waals surface area contributed by atoms with Crippen LogP contribution in [0.3, 0.4) is 0 Å². The van der Waals surface area contributed by atoms with E-state index in [0.29, 0.717) is 45.2 Å².